The van der Waals surface area contributed by atoms with Gasteiger partial charge in [0, 0.05) is 12.5 Å². The quantitative estimate of drug-likeness (QED) is 0.861. The molecule has 0 spiro atoms. The molecule has 2 N–H and O–H groups in total. The molecule has 1 aromatic carbocycles. The van der Waals surface area contributed by atoms with Gasteiger partial charge in [0.15, 0.2) is 0 Å². The third-order valence-electron chi connectivity index (χ3n) is 2.64. The Morgan fingerprint density at radius 2 is 2.00 bits per heavy atom. The van der Waals surface area contributed by atoms with Crippen molar-refractivity contribution in [3.63, 3.8) is 0 Å². The smallest absolute Gasteiger partial charge is 0.269 e. The molecule has 1 aliphatic heterocycles. The highest BCUT2D eigenvalue weighted by Crippen LogP contribution is 2.16. The molecule has 0 aliphatic carbocycles. The van der Waals surface area contributed by atoms with E-state index in [0.29, 0.717) is 5.70 Å². The molecule has 5 heteroatoms. The Morgan fingerprint density at radius 3 is 2.63 bits per heavy atom. The second-order valence-corrected chi connectivity index (χ2v) is 4.63. The topological polar surface area (TPSA) is 61.4 Å². The molecule has 0 fully saturated rings. The fraction of sp³-hybridized carbons (Fsp3) is 0.286. The van der Waals surface area contributed by atoms with Crippen LogP contribution in [0, 0.1) is 0 Å². The van der Waals surface area contributed by atoms with Crippen LogP contribution in [0.5, 0.6) is 0 Å². The minimum Gasteiger partial charge on any atom is -0.349 e. The molecule has 2 rings (SSSR count). The van der Waals surface area contributed by atoms with E-state index >= 15 is 0 Å². The predicted octanol–water partition coefficient (Wildman–Crippen LogP) is 1.34. The molecule has 100 valence electrons. The van der Waals surface area contributed by atoms with Crippen molar-refractivity contribution in [2.75, 3.05) is 5.01 Å². The minimum atomic E-state index is -0.205. The van der Waals surface area contributed by atoms with E-state index in [1.807, 2.05) is 44.2 Å². The second kappa shape index (κ2) is 5.56. The number of hydrogen-bond donors (Lipinski definition) is 2. The van der Waals surface area contributed by atoms with E-state index in [4.69, 9.17) is 0 Å². The molecule has 0 saturated heterocycles. The normalized spacial score (nSPS) is 15.0. The Kier molecular flexibility index (Phi) is 3.85. The van der Waals surface area contributed by atoms with Crippen LogP contribution in [-0.2, 0) is 9.59 Å². The number of hydrazine groups is 1. The third-order valence-corrected chi connectivity index (χ3v) is 2.64. The Hall–Kier alpha value is -2.30. The lowest BCUT2D eigenvalue weighted by Gasteiger charge is -2.28. The van der Waals surface area contributed by atoms with Gasteiger partial charge in [-0.1, -0.05) is 18.2 Å². The molecule has 0 saturated carbocycles. The molecule has 1 heterocycles. The lowest BCUT2D eigenvalue weighted by Crippen LogP contribution is -2.49. The summed E-state index contributed by atoms with van der Waals surface area (Å²) in [5.41, 5.74) is 3.98. The largest absolute Gasteiger partial charge is 0.349 e. The molecule has 2 amide bonds. The second-order valence-electron chi connectivity index (χ2n) is 4.63. The summed E-state index contributed by atoms with van der Waals surface area (Å²) < 4.78 is 0. The van der Waals surface area contributed by atoms with Crippen LogP contribution in [-0.4, -0.2) is 17.9 Å². The van der Waals surface area contributed by atoms with Gasteiger partial charge in [-0.25, -0.2) is 5.01 Å². The molecule has 1 aliphatic rings. The average Bonchev–Trinajstić information content (AvgIpc) is 2.39. The maximum atomic E-state index is 11.9. The molecule has 19 heavy (non-hydrogen) atoms. The molecule has 0 atom stereocenters. The van der Waals surface area contributed by atoms with Crippen molar-refractivity contribution in [1.29, 1.82) is 0 Å². The fourth-order valence-electron chi connectivity index (χ4n) is 1.78. The van der Waals surface area contributed by atoms with Crippen molar-refractivity contribution >= 4 is 17.5 Å². The number of benzene rings is 1. The highest BCUT2D eigenvalue weighted by atomic mass is 16.2. The number of hydrogen-bond acceptors (Lipinski definition) is 3. The van der Waals surface area contributed by atoms with Crippen LogP contribution in [0.1, 0.15) is 20.3 Å². The van der Waals surface area contributed by atoms with Gasteiger partial charge in [-0.15, -0.1) is 0 Å². The van der Waals surface area contributed by atoms with Crippen molar-refractivity contribution in [2.24, 2.45) is 0 Å². The van der Waals surface area contributed by atoms with Gasteiger partial charge in [-0.2, -0.15) is 0 Å². The van der Waals surface area contributed by atoms with Crippen LogP contribution in [0.2, 0.25) is 0 Å². The predicted molar refractivity (Wildman–Crippen MR) is 73.0 cm³/mol. The number of amides is 2. The number of rotatable bonds is 3. The van der Waals surface area contributed by atoms with Crippen LogP contribution in [0.4, 0.5) is 5.69 Å². The number of carbonyl (C=O) groups excluding carboxylic acids is 2. The number of carbonyl (C=O) groups is 2. The summed E-state index contributed by atoms with van der Waals surface area (Å²) in [6.45, 7) is 3.78. The van der Waals surface area contributed by atoms with Gasteiger partial charge in [-0.3, -0.25) is 15.0 Å². The van der Waals surface area contributed by atoms with Crippen molar-refractivity contribution in [1.82, 2.24) is 10.7 Å². The standard InChI is InChI=1S/C14H17N3O2/c1-10(2)15-14(19)12-8-9-13(18)17(16-12)11-6-4-3-5-7-11/h3-8,10,16H,9H2,1-2H3,(H,15,19). The van der Waals surface area contributed by atoms with Gasteiger partial charge < -0.3 is 5.32 Å². The first-order valence-electron chi connectivity index (χ1n) is 6.23. The van der Waals surface area contributed by atoms with Gasteiger partial charge in [-0.05, 0) is 32.1 Å². The summed E-state index contributed by atoms with van der Waals surface area (Å²) in [6, 6.07) is 9.24. The molecule has 0 radical (unpaired) electrons. The number of anilines is 1. The van der Waals surface area contributed by atoms with Crippen molar-refractivity contribution < 1.29 is 9.59 Å². The van der Waals surface area contributed by atoms with Crippen LogP contribution < -0.4 is 15.8 Å². The zero-order valence-electron chi connectivity index (χ0n) is 11.0. The first-order chi connectivity index (χ1) is 9.08. The Labute approximate surface area is 112 Å². The Bertz CT molecular complexity index is 509. The average molecular weight is 259 g/mol. The molecule has 1 aromatic rings. The Morgan fingerprint density at radius 1 is 1.32 bits per heavy atom. The third kappa shape index (κ3) is 3.13. The van der Waals surface area contributed by atoms with E-state index in [-0.39, 0.29) is 24.3 Å². The number of nitrogens with one attached hydrogen (secondary N) is 2. The summed E-state index contributed by atoms with van der Waals surface area (Å²) in [6.07, 6.45) is 1.82. The van der Waals surface area contributed by atoms with E-state index in [0.717, 1.165) is 5.69 Å². The van der Waals surface area contributed by atoms with Crippen LogP contribution in [0.3, 0.4) is 0 Å². The summed E-state index contributed by atoms with van der Waals surface area (Å²) in [4.78, 5) is 23.8. The molecule has 5 nitrogen and oxygen atoms in total. The van der Waals surface area contributed by atoms with Gasteiger partial charge in [0.05, 0.1) is 5.69 Å². The lowest BCUT2D eigenvalue weighted by molar-refractivity contribution is -0.120. The van der Waals surface area contributed by atoms with Crippen molar-refractivity contribution in [3.8, 4) is 0 Å². The lowest BCUT2D eigenvalue weighted by atomic mass is 10.2. The zero-order valence-corrected chi connectivity index (χ0v) is 11.0. The molecule has 0 aromatic heterocycles. The van der Waals surface area contributed by atoms with Crippen molar-refractivity contribution in [2.45, 2.75) is 26.3 Å². The van der Waals surface area contributed by atoms with Crippen molar-refractivity contribution in [3.05, 3.63) is 42.1 Å². The molecule has 0 unspecified atom stereocenters. The highest BCUT2D eigenvalue weighted by molar-refractivity contribution is 6.01. The van der Waals surface area contributed by atoms with E-state index < -0.39 is 0 Å². The van der Waals surface area contributed by atoms with Gasteiger partial charge in [0.1, 0.15) is 5.70 Å². The first kappa shape index (κ1) is 13.1. The van der Waals surface area contributed by atoms with E-state index in [1.165, 1.54) is 5.01 Å². The summed E-state index contributed by atoms with van der Waals surface area (Å²) >= 11 is 0. The Balaban J connectivity index is 2.15. The van der Waals surface area contributed by atoms with Gasteiger partial charge in [0.2, 0.25) is 5.91 Å². The summed E-state index contributed by atoms with van der Waals surface area (Å²) in [5.74, 6) is -0.296. The highest BCUT2D eigenvalue weighted by Gasteiger charge is 2.23. The zero-order chi connectivity index (χ0) is 13.8. The molecular weight excluding hydrogens is 242 g/mol. The number of para-hydroxylation sites is 1. The molecule has 0 bridgehead atoms. The maximum Gasteiger partial charge on any atom is 0.269 e. The SMILES string of the molecule is CC(C)NC(=O)C1=CCC(=O)N(c2ccccc2)N1. The van der Waals surface area contributed by atoms with E-state index in [1.54, 1.807) is 6.08 Å². The van der Waals surface area contributed by atoms with E-state index in [2.05, 4.69) is 10.7 Å². The first-order valence-corrected chi connectivity index (χ1v) is 6.23. The fourth-order valence-corrected chi connectivity index (χ4v) is 1.78. The monoisotopic (exact) mass is 259 g/mol. The molecular formula is C14H17N3O2. The van der Waals surface area contributed by atoms with Gasteiger partial charge >= 0.3 is 0 Å². The maximum absolute atomic E-state index is 11.9. The number of nitrogens with zero attached hydrogens (tertiary/aromatic N) is 1. The van der Waals surface area contributed by atoms with Gasteiger partial charge in [0.25, 0.3) is 5.91 Å². The van der Waals surface area contributed by atoms with Crippen LogP contribution in [0.15, 0.2) is 42.1 Å². The van der Waals surface area contributed by atoms with Crippen LogP contribution in [0.25, 0.3) is 0 Å². The summed E-state index contributed by atoms with van der Waals surface area (Å²) in [7, 11) is 0. The minimum absolute atomic E-state index is 0.0537. The summed E-state index contributed by atoms with van der Waals surface area (Å²) in [5, 5.41) is 4.19. The van der Waals surface area contributed by atoms with Crippen LogP contribution >= 0.6 is 0 Å². The van der Waals surface area contributed by atoms with E-state index in [9.17, 15) is 9.59 Å².